The number of benzene rings is 1. The number of hydrogen-bond donors (Lipinski definition) is 1. The highest BCUT2D eigenvalue weighted by Gasteiger charge is 2.29. The van der Waals surface area contributed by atoms with E-state index in [0.717, 1.165) is 6.07 Å². The zero-order chi connectivity index (χ0) is 14.2. The number of ether oxygens (including phenoxy) is 1. The number of nitrogens with one attached hydrogen (secondary N) is 1. The van der Waals surface area contributed by atoms with Crippen molar-refractivity contribution < 1.29 is 13.9 Å². The van der Waals surface area contributed by atoms with Gasteiger partial charge in [0.15, 0.2) is 5.82 Å². The second-order valence-electron chi connectivity index (χ2n) is 3.62. The summed E-state index contributed by atoms with van der Waals surface area (Å²) in [6.07, 6.45) is 0. The Morgan fingerprint density at radius 3 is 2.74 bits per heavy atom. The first-order valence-electron chi connectivity index (χ1n) is 5.27. The van der Waals surface area contributed by atoms with Gasteiger partial charge < -0.3 is 9.72 Å². The third-order valence-corrected chi connectivity index (χ3v) is 2.89. The van der Waals surface area contributed by atoms with Gasteiger partial charge in [0.05, 0.1) is 12.1 Å². The first-order valence-corrected chi connectivity index (χ1v) is 6.40. The maximum atomic E-state index is 13.7. The molecule has 19 heavy (non-hydrogen) atoms. The number of H-pyrrole nitrogens is 1. The molecule has 2 rings (SSSR count). The van der Waals surface area contributed by atoms with Crippen LogP contribution in [-0.2, 0) is 8.53 Å². The van der Waals surface area contributed by atoms with Crippen LogP contribution in [0.3, 0.4) is 0 Å². The number of alkyl halides is 3. The maximum absolute atomic E-state index is 13.7. The molecule has 0 fully saturated rings. The van der Waals surface area contributed by atoms with Crippen molar-refractivity contribution in [2.75, 3.05) is 6.61 Å². The van der Waals surface area contributed by atoms with E-state index >= 15 is 0 Å². The van der Waals surface area contributed by atoms with Crippen molar-refractivity contribution in [3.63, 3.8) is 0 Å². The van der Waals surface area contributed by atoms with Gasteiger partial charge in [0.25, 0.3) is 0 Å². The molecule has 8 heteroatoms. The number of carbonyl (C=O) groups is 1. The van der Waals surface area contributed by atoms with E-state index in [2.05, 4.69) is 9.97 Å². The van der Waals surface area contributed by atoms with Crippen molar-refractivity contribution >= 4 is 51.8 Å². The average molecular weight is 326 g/mol. The molecule has 0 saturated carbocycles. The fourth-order valence-corrected chi connectivity index (χ4v) is 1.85. The molecule has 0 aliphatic heterocycles. The second kappa shape index (κ2) is 5.15. The summed E-state index contributed by atoms with van der Waals surface area (Å²) < 4.78 is 16.7. The maximum Gasteiger partial charge on any atom is 0.343 e. The van der Waals surface area contributed by atoms with Gasteiger partial charge in [-0.2, -0.15) is 0 Å². The molecule has 2 aromatic rings. The second-order valence-corrected chi connectivity index (χ2v) is 5.90. The van der Waals surface area contributed by atoms with E-state index in [1.165, 1.54) is 6.07 Å². The van der Waals surface area contributed by atoms with E-state index in [1.807, 2.05) is 0 Å². The number of imidazole rings is 1. The summed E-state index contributed by atoms with van der Waals surface area (Å²) in [6, 6.07) is 2.52. The molecule has 0 atom stereocenters. The van der Waals surface area contributed by atoms with Gasteiger partial charge in [-0.05, 0) is 19.1 Å². The number of nitrogens with zero attached hydrogens (tertiary/aromatic N) is 1. The molecule has 1 heterocycles. The molecule has 0 spiro atoms. The van der Waals surface area contributed by atoms with E-state index in [0.29, 0.717) is 5.52 Å². The molecule has 0 aliphatic rings. The van der Waals surface area contributed by atoms with Crippen molar-refractivity contribution in [2.24, 2.45) is 0 Å². The van der Waals surface area contributed by atoms with Crippen LogP contribution in [0.4, 0.5) is 4.39 Å². The molecule has 0 unspecified atom stereocenters. The Hall–Kier alpha value is -1.04. The van der Waals surface area contributed by atoms with E-state index < -0.39 is 15.6 Å². The standard InChI is InChI=1S/C11H8Cl3FN2O2/c1-2-19-9(18)7-5(15)3-4-6-8(7)17-10(16-6)11(12,13)14/h3-4H,2H2,1H3,(H,16,17). The largest absolute Gasteiger partial charge is 0.462 e. The van der Waals surface area contributed by atoms with E-state index in [-0.39, 0.29) is 23.5 Å². The van der Waals surface area contributed by atoms with Crippen molar-refractivity contribution in [3.8, 4) is 0 Å². The van der Waals surface area contributed by atoms with Crippen molar-refractivity contribution in [1.82, 2.24) is 9.97 Å². The summed E-state index contributed by atoms with van der Waals surface area (Å²) in [6.45, 7) is 1.74. The van der Waals surface area contributed by atoms with Crippen LogP contribution in [-0.4, -0.2) is 22.5 Å². The molecule has 4 nitrogen and oxygen atoms in total. The number of aromatic nitrogens is 2. The van der Waals surface area contributed by atoms with Crippen molar-refractivity contribution in [3.05, 3.63) is 29.3 Å². The highest BCUT2D eigenvalue weighted by atomic mass is 35.6. The summed E-state index contributed by atoms with van der Waals surface area (Å²) in [5.41, 5.74) is 0.168. The third-order valence-electron chi connectivity index (χ3n) is 2.35. The number of rotatable bonds is 2. The van der Waals surface area contributed by atoms with Gasteiger partial charge >= 0.3 is 5.97 Å². The van der Waals surface area contributed by atoms with Gasteiger partial charge in [-0.3, -0.25) is 0 Å². The summed E-state index contributed by atoms with van der Waals surface area (Å²) in [5.74, 6) is -1.55. The number of aromatic amines is 1. The number of esters is 1. The van der Waals surface area contributed by atoms with Gasteiger partial charge in [0.2, 0.25) is 3.79 Å². The zero-order valence-electron chi connectivity index (χ0n) is 9.64. The zero-order valence-corrected chi connectivity index (χ0v) is 11.9. The minimum Gasteiger partial charge on any atom is -0.462 e. The Kier molecular flexibility index (Phi) is 3.90. The van der Waals surface area contributed by atoms with Crippen LogP contribution < -0.4 is 0 Å². The Balaban J connectivity index is 2.65. The summed E-state index contributed by atoms with van der Waals surface area (Å²) >= 11 is 17.1. The lowest BCUT2D eigenvalue weighted by molar-refractivity contribution is 0.0523. The number of hydrogen-bond acceptors (Lipinski definition) is 3. The number of fused-ring (bicyclic) bond motifs is 1. The average Bonchev–Trinajstić information content (AvgIpc) is 2.72. The molecule has 0 aliphatic carbocycles. The first-order chi connectivity index (χ1) is 8.84. The lowest BCUT2D eigenvalue weighted by Crippen LogP contribution is -2.08. The van der Waals surface area contributed by atoms with Crippen LogP contribution in [0.1, 0.15) is 23.1 Å². The van der Waals surface area contributed by atoms with Gasteiger partial charge in [-0.25, -0.2) is 14.2 Å². The van der Waals surface area contributed by atoms with Crippen molar-refractivity contribution in [1.29, 1.82) is 0 Å². The lowest BCUT2D eigenvalue weighted by Gasteiger charge is -2.05. The molecular formula is C11H8Cl3FN2O2. The lowest BCUT2D eigenvalue weighted by atomic mass is 10.2. The Labute approximate surface area is 122 Å². The first kappa shape index (κ1) is 14.4. The topological polar surface area (TPSA) is 55.0 Å². The molecule has 0 amide bonds. The Bertz CT molecular complexity index is 637. The van der Waals surface area contributed by atoms with Gasteiger partial charge in [0, 0.05) is 0 Å². The summed E-state index contributed by atoms with van der Waals surface area (Å²) in [4.78, 5) is 18.4. The Morgan fingerprint density at radius 1 is 1.47 bits per heavy atom. The molecule has 0 saturated heterocycles. The molecular weight excluding hydrogens is 317 g/mol. The SMILES string of the molecule is CCOC(=O)c1c(F)ccc2[nH]c(C(Cl)(Cl)Cl)nc12. The van der Waals surface area contributed by atoms with Crippen LogP contribution in [0.15, 0.2) is 12.1 Å². The minimum atomic E-state index is -1.79. The fourth-order valence-electron chi connectivity index (χ4n) is 1.58. The minimum absolute atomic E-state index is 0.00338. The van der Waals surface area contributed by atoms with Crippen molar-refractivity contribution in [2.45, 2.75) is 10.7 Å². The molecule has 1 N–H and O–H groups in total. The smallest absolute Gasteiger partial charge is 0.343 e. The Morgan fingerprint density at radius 2 is 2.16 bits per heavy atom. The molecule has 1 aromatic heterocycles. The number of carbonyl (C=O) groups excluding carboxylic acids is 1. The van der Waals surface area contributed by atoms with Gasteiger partial charge in [-0.15, -0.1) is 0 Å². The highest BCUT2D eigenvalue weighted by molar-refractivity contribution is 6.66. The van der Waals surface area contributed by atoms with Crippen LogP contribution in [0, 0.1) is 5.82 Å². The fraction of sp³-hybridized carbons (Fsp3) is 0.273. The predicted molar refractivity (Wildman–Crippen MR) is 71.2 cm³/mol. The molecule has 102 valence electrons. The quantitative estimate of drug-likeness (QED) is 0.676. The summed E-state index contributed by atoms with van der Waals surface area (Å²) in [7, 11) is 0. The van der Waals surface area contributed by atoms with Crippen LogP contribution in [0.25, 0.3) is 11.0 Å². The van der Waals surface area contributed by atoms with E-state index in [4.69, 9.17) is 39.5 Å². The molecule has 0 bridgehead atoms. The monoisotopic (exact) mass is 324 g/mol. The van der Waals surface area contributed by atoms with E-state index in [1.54, 1.807) is 6.92 Å². The van der Waals surface area contributed by atoms with Crippen LogP contribution in [0.2, 0.25) is 0 Å². The predicted octanol–water partition coefficient (Wildman–Crippen LogP) is 3.71. The molecule has 1 aromatic carbocycles. The van der Waals surface area contributed by atoms with Crippen LogP contribution >= 0.6 is 34.8 Å². The third kappa shape index (κ3) is 2.78. The van der Waals surface area contributed by atoms with Gasteiger partial charge in [0.1, 0.15) is 16.9 Å². The van der Waals surface area contributed by atoms with E-state index in [9.17, 15) is 9.18 Å². The molecule has 0 radical (unpaired) electrons. The number of halogens is 4. The normalized spacial score (nSPS) is 11.8. The highest BCUT2D eigenvalue weighted by Crippen LogP contribution is 2.37. The summed E-state index contributed by atoms with van der Waals surface area (Å²) in [5, 5.41) is 0. The van der Waals surface area contributed by atoms with Gasteiger partial charge in [-0.1, -0.05) is 34.8 Å². The van der Waals surface area contributed by atoms with Crippen LogP contribution in [0.5, 0.6) is 0 Å².